The molecule has 1 aliphatic rings. The molecule has 1 aliphatic heterocycles. The molecule has 0 saturated carbocycles. The van der Waals surface area contributed by atoms with Crippen molar-refractivity contribution >= 4 is 5.91 Å². The molecule has 0 aliphatic carbocycles. The van der Waals surface area contributed by atoms with Crippen LogP contribution in [-0.2, 0) is 0 Å². The van der Waals surface area contributed by atoms with Crippen molar-refractivity contribution in [3.8, 4) is 0 Å². The molecule has 4 nitrogen and oxygen atoms in total. The summed E-state index contributed by atoms with van der Waals surface area (Å²) in [5.41, 5.74) is 0.538. The Hall–Kier alpha value is -1.39. The van der Waals surface area contributed by atoms with E-state index >= 15 is 0 Å². The van der Waals surface area contributed by atoms with Crippen molar-refractivity contribution < 1.29 is 15.0 Å². The van der Waals surface area contributed by atoms with E-state index in [0.717, 1.165) is 6.42 Å². The van der Waals surface area contributed by atoms with Crippen molar-refractivity contribution in [3.63, 3.8) is 0 Å². The summed E-state index contributed by atoms with van der Waals surface area (Å²) in [4.78, 5) is 13.3. The molecule has 0 bridgehead atoms. The molecule has 1 fully saturated rings. The van der Waals surface area contributed by atoms with Crippen LogP contribution >= 0.6 is 0 Å². The van der Waals surface area contributed by atoms with Gasteiger partial charge in [0.25, 0.3) is 5.91 Å². The first kappa shape index (κ1) is 11.1. The predicted molar refractivity (Wildman–Crippen MR) is 58.7 cm³/mol. The molecule has 1 aromatic carbocycles. The van der Waals surface area contributed by atoms with E-state index in [4.69, 9.17) is 0 Å². The molecule has 16 heavy (non-hydrogen) atoms. The molecule has 86 valence electrons. The van der Waals surface area contributed by atoms with E-state index in [2.05, 4.69) is 0 Å². The molecular formula is C12H15NO3. The van der Waals surface area contributed by atoms with Gasteiger partial charge < -0.3 is 15.1 Å². The Bertz CT molecular complexity index is 366. The number of piperidine rings is 1. The molecule has 0 radical (unpaired) electrons. The lowest BCUT2D eigenvalue weighted by Crippen LogP contribution is -2.50. The third-order valence-electron chi connectivity index (χ3n) is 2.84. The molecule has 1 saturated heterocycles. The number of hydrogen-bond donors (Lipinski definition) is 2. The van der Waals surface area contributed by atoms with Crippen molar-refractivity contribution in [2.45, 2.75) is 25.2 Å². The number of aliphatic hydroxyl groups is 2. The number of hydrogen-bond acceptors (Lipinski definition) is 3. The molecule has 2 N–H and O–H groups in total. The Morgan fingerprint density at radius 2 is 1.94 bits per heavy atom. The number of likely N-dealkylation sites (tertiary alicyclic amines) is 1. The van der Waals surface area contributed by atoms with E-state index in [0.29, 0.717) is 18.5 Å². The van der Waals surface area contributed by atoms with Crippen molar-refractivity contribution in [1.29, 1.82) is 0 Å². The third kappa shape index (κ3) is 2.08. The number of benzene rings is 1. The molecule has 1 aromatic rings. The molecule has 2 rings (SSSR count). The van der Waals surface area contributed by atoms with Crippen LogP contribution in [0.25, 0.3) is 0 Å². The first-order chi connectivity index (χ1) is 7.70. The van der Waals surface area contributed by atoms with Crippen LogP contribution in [0.4, 0.5) is 0 Å². The zero-order chi connectivity index (χ0) is 11.5. The maximum atomic E-state index is 12.0. The van der Waals surface area contributed by atoms with E-state index in [1.165, 1.54) is 4.90 Å². The first-order valence-electron chi connectivity index (χ1n) is 5.42. The zero-order valence-corrected chi connectivity index (χ0v) is 8.91. The van der Waals surface area contributed by atoms with E-state index in [1.54, 1.807) is 24.3 Å². The smallest absolute Gasteiger partial charge is 0.255 e. The molecule has 2 atom stereocenters. The van der Waals surface area contributed by atoms with Gasteiger partial charge in [-0.3, -0.25) is 4.79 Å². The van der Waals surface area contributed by atoms with E-state index in [9.17, 15) is 15.0 Å². The van der Waals surface area contributed by atoms with E-state index in [-0.39, 0.29) is 5.91 Å². The Balaban J connectivity index is 2.15. The highest BCUT2D eigenvalue weighted by molar-refractivity contribution is 5.94. The lowest BCUT2D eigenvalue weighted by Gasteiger charge is -2.35. The summed E-state index contributed by atoms with van der Waals surface area (Å²) < 4.78 is 0. The lowest BCUT2D eigenvalue weighted by atomic mass is 10.0. The van der Waals surface area contributed by atoms with Gasteiger partial charge in [-0.2, -0.15) is 0 Å². The SMILES string of the molecule is O=C(c1ccccc1)N1CCC[C@@H](O)[C@H]1O. The van der Waals surface area contributed by atoms with Crippen LogP contribution in [0.5, 0.6) is 0 Å². The Morgan fingerprint density at radius 1 is 1.25 bits per heavy atom. The quantitative estimate of drug-likeness (QED) is 0.730. The second kappa shape index (κ2) is 4.63. The van der Waals surface area contributed by atoms with Crippen LogP contribution in [0.2, 0.25) is 0 Å². The number of rotatable bonds is 1. The monoisotopic (exact) mass is 221 g/mol. The summed E-state index contributed by atoms with van der Waals surface area (Å²) in [6.45, 7) is 0.492. The van der Waals surface area contributed by atoms with Gasteiger partial charge in [0.2, 0.25) is 0 Å². The van der Waals surface area contributed by atoms with Crippen molar-refractivity contribution in [3.05, 3.63) is 35.9 Å². The van der Waals surface area contributed by atoms with Crippen molar-refractivity contribution in [1.82, 2.24) is 4.90 Å². The van der Waals surface area contributed by atoms with Crippen LogP contribution in [0.15, 0.2) is 30.3 Å². The van der Waals surface area contributed by atoms with Crippen LogP contribution in [0.1, 0.15) is 23.2 Å². The summed E-state index contributed by atoms with van der Waals surface area (Å²) in [5.74, 6) is -0.230. The fourth-order valence-corrected chi connectivity index (χ4v) is 1.93. The molecule has 1 heterocycles. The highest BCUT2D eigenvalue weighted by atomic mass is 16.3. The fraction of sp³-hybridized carbons (Fsp3) is 0.417. The van der Waals surface area contributed by atoms with Crippen LogP contribution in [0, 0.1) is 0 Å². The largest absolute Gasteiger partial charge is 0.388 e. The van der Waals surface area contributed by atoms with Gasteiger partial charge >= 0.3 is 0 Å². The predicted octanol–water partition coefficient (Wildman–Crippen LogP) is 0.602. The molecule has 0 unspecified atom stereocenters. The Morgan fingerprint density at radius 3 is 2.62 bits per heavy atom. The van der Waals surface area contributed by atoms with Gasteiger partial charge in [0.15, 0.2) is 6.23 Å². The number of nitrogens with zero attached hydrogens (tertiary/aromatic N) is 1. The number of aliphatic hydroxyl groups excluding tert-OH is 2. The van der Waals surface area contributed by atoms with Gasteiger partial charge in [-0.05, 0) is 25.0 Å². The van der Waals surface area contributed by atoms with Gasteiger partial charge in [-0.15, -0.1) is 0 Å². The summed E-state index contributed by atoms with van der Waals surface area (Å²) >= 11 is 0. The molecular weight excluding hydrogens is 206 g/mol. The van der Waals surface area contributed by atoms with Crippen molar-refractivity contribution in [2.75, 3.05) is 6.54 Å². The average molecular weight is 221 g/mol. The highest BCUT2D eigenvalue weighted by Crippen LogP contribution is 2.18. The molecule has 1 amide bonds. The lowest BCUT2D eigenvalue weighted by molar-refractivity contribution is -0.0901. The Kier molecular flexibility index (Phi) is 3.22. The molecule has 0 aromatic heterocycles. The number of amides is 1. The van der Waals surface area contributed by atoms with Gasteiger partial charge in [-0.1, -0.05) is 18.2 Å². The van der Waals surface area contributed by atoms with Gasteiger partial charge in [0.05, 0.1) is 6.10 Å². The maximum Gasteiger partial charge on any atom is 0.255 e. The summed E-state index contributed by atoms with van der Waals surface area (Å²) in [7, 11) is 0. The second-order valence-corrected chi connectivity index (χ2v) is 3.99. The highest BCUT2D eigenvalue weighted by Gasteiger charge is 2.31. The third-order valence-corrected chi connectivity index (χ3v) is 2.84. The summed E-state index contributed by atoms with van der Waals surface area (Å²) in [5, 5.41) is 19.2. The number of carbonyl (C=O) groups is 1. The maximum absolute atomic E-state index is 12.0. The van der Waals surface area contributed by atoms with Gasteiger partial charge in [0.1, 0.15) is 0 Å². The van der Waals surface area contributed by atoms with Gasteiger partial charge in [0, 0.05) is 12.1 Å². The second-order valence-electron chi connectivity index (χ2n) is 3.99. The minimum Gasteiger partial charge on any atom is -0.388 e. The Labute approximate surface area is 94.1 Å². The average Bonchev–Trinajstić information content (AvgIpc) is 2.33. The normalized spacial score (nSPS) is 25.5. The number of carbonyl (C=O) groups excluding carboxylic acids is 1. The molecule has 4 heteroatoms. The minimum absolute atomic E-state index is 0.230. The van der Waals surface area contributed by atoms with Crippen LogP contribution in [0.3, 0.4) is 0 Å². The minimum atomic E-state index is -1.08. The van der Waals surface area contributed by atoms with Crippen LogP contribution in [-0.4, -0.2) is 39.9 Å². The van der Waals surface area contributed by atoms with Crippen molar-refractivity contribution in [2.24, 2.45) is 0 Å². The summed E-state index contributed by atoms with van der Waals surface area (Å²) in [6, 6.07) is 8.80. The van der Waals surface area contributed by atoms with Gasteiger partial charge in [-0.25, -0.2) is 0 Å². The van der Waals surface area contributed by atoms with E-state index < -0.39 is 12.3 Å². The summed E-state index contributed by atoms with van der Waals surface area (Å²) in [6.07, 6.45) is -0.654. The topological polar surface area (TPSA) is 60.8 Å². The molecule has 0 spiro atoms. The van der Waals surface area contributed by atoms with Crippen LogP contribution < -0.4 is 0 Å². The fourth-order valence-electron chi connectivity index (χ4n) is 1.93. The zero-order valence-electron chi connectivity index (χ0n) is 8.91. The first-order valence-corrected chi connectivity index (χ1v) is 5.42. The van der Waals surface area contributed by atoms with E-state index in [1.807, 2.05) is 6.07 Å². The standard InChI is InChI=1S/C12H15NO3/c14-10-7-4-8-13(12(10)16)11(15)9-5-2-1-3-6-9/h1-3,5-6,10,12,14,16H,4,7-8H2/t10-,12-/m1/s1.